The van der Waals surface area contributed by atoms with E-state index in [1.165, 1.54) is 4.90 Å². The lowest BCUT2D eigenvalue weighted by Gasteiger charge is -2.41. The van der Waals surface area contributed by atoms with Crippen molar-refractivity contribution in [2.75, 3.05) is 13.2 Å². The van der Waals surface area contributed by atoms with Crippen molar-refractivity contribution >= 4 is 6.09 Å². The predicted octanol–water partition coefficient (Wildman–Crippen LogP) is -1.19. The molecule has 9 heteroatoms. The quantitative estimate of drug-likeness (QED) is 0.483. The highest BCUT2D eigenvalue weighted by molar-refractivity contribution is 5.69. The van der Waals surface area contributed by atoms with Gasteiger partial charge in [0.1, 0.15) is 17.8 Å². The molecule has 3 saturated heterocycles. The molecule has 0 aromatic carbocycles. The van der Waals surface area contributed by atoms with Gasteiger partial charge in [0, 0.05) is 5.92 Å². The molecule has 3 aliphatic heterocycles. The van der Waals surface area contributed by atoms with E-state index in [-0.39, 0.29) is 19.6 Å². The SMILES string of the molecule is CC(C)(C)OC(=O)N1C[C@H](O)C[C@H]1[C@H](O)[C@@H]1[C@@H](O)[C@@H]2OC[C@@H](O2)[C@H]1O. The van der Waals surface area contributed by atoms with Gasteiger partial charge in [0.25, 0.3) is 0 Å². The van der Waals surface area contributed by atoms with Crippen LogP contribution in [0, 0.1) is 5.92 Å². The third-order valence-corrected chi connectivity index (χ3v) is 4.92. The molecule has 3 aliphatic rings. The van der Waals surface area contributed by atoms with Crippen molar-refractivity contribution in [3.8, 4) is 0 Å². The van der Waals surface area contributed by atoms with Crippen molar-refractivity contribution in [1.82, 2.24) is 4.90 Å². The minimum atomic E-state index is -1.26. The number of carbonyl (C=O) groups excluding carboxylic acids is 1. The van der Waals surface area contributed by atoms with Crippen molar-refractivity contribution in [3.05, 3.63) is 0 Å². The molecular formula is C16H27NO8. The highest BCUT2D eigenvalue weighted by Crippen LogP contribution is 2.37. The van der Waals surface area contributed by atoms with Gasteiger partial charge in [0.15, 0.2) is 6.29 Å². The molecule has 144 valence electrons. The maximum absolute atomic E-state index is 12.4. The maximum atomic E-state index is 12.4. The van der Waals surface area contributed by atoms with Crippen LogP contribution in [0.3, 0.4) is 0 Å². The molecule has 1 amide bonds. The summed E-state index contributed by atoms with van der Waals surface area (Å²) in [5.41, 5.74) is -0.717. The number of β-amino-alcohol motifs (C(OH)–C–C–N with tert-alkyl or cyclic N) is 1. The summed E-state index contributed by atoms with van der Waals surface area (Å²) in [6.07, 6.45) is -6.50. The second kappa shape index (κ2) is 6.64. The molecule has 0 saturated carbocycles. The van der Waals surface area contributed by atoms with Gasteiger partial charge in [-0.2, -0.15) is 0 Å². The minimum Gasteiger partial charge on any atom is -0.444 e. The Morgan fingerprint density at radius 3 is 2.56 bits per heavy atom. The average molecular weight is 361 g/mol. The Balaban J connectivity index is 1.77. The van der Waals surface area contributed by atoms with Crippen molar-refractivity contribution in [1.29, 1.82) is 0 Å². The first-order valence-electron chi connectivity index (χ1n) is 8.57. The Labute approximate surface area is 146 Å². The fraction of sp³-hybridized carbons (Fsp3) is 0.938. The number of aliphatic hydroxyl groups excluding tert-OH is 4. The van der Waals surface area contributed by atoms with Crippen LogP contribution in [-0.4, -0.2) is 93.0 Å². The number of carbonyl (C=O) groups is 1. The van der Waals surface area contributed by atoms with Crippen molar-refractivity contribution < 1.29 is 39.4 Å². The van der Waals surface area contributed by atoms with Crippen LogP contribution in [0.1, 0.15) is 27.2 Å². The number of fused-ring (bicyclic) bond motifs is 2. The topological polar surface area (TPSA) is 129 Å². The standard InChI is InChI=1S/C16H27NO8/c1-16(2,3)25-15(22)17-5-7(18)4-8(17)11(19)10-12(20)9-6-23-14(24-9)13(10)21/h7-14,18-21H,4-6H2,1-3H3/t7-,8+,9-,10+,11+,12-,13-,14-/m1/s1. The lowest BCUT2D eigenvalue weighted by molar-refractivity contribution is -0.230. The number of ether oxygens (including phenoxy) is 3. The minimum absolute atomic E-state index is 0.0232. The second-order valence-corrected chi connectivity index (χ2v) is 8.01. The predicted molar refractivity (Wildman–Crippen MR) is 83.5 cm³/mol. The van der Waals surface area contributed by atoms with Crippen LogP contribution in [-0.2, 0) is 14.2 Å². The van der Waals surface area contributed by atoms with E-state index in [1.807, 2.05) is 0 Å². The number of hydrogen-bond donors (Lipinski definition) is 4. The Kier molecular flexibility index (Phi) is 5.00. The zero-order valence-electron chi connectivity index (χ0n) is 14.6. The fourth-order valence-corrected chi connectivity index (χ4v) is 3.79. The molecule has 3 fully saturated rings. The number of aliphatic hydroxyl groups is 4. The molecule has 0 radical (unpaired) electrons. The highest BCUT2D eigenvalue weighted by atomic mass is 16.7. The Hall–Kier alpha value is -0.970. The largest absolute Gasteiger partial charge is 0.444 e. The van der Waals surface area contributed by atoms with Gasteiger partial charge in [-0.3, -0.25) is 4.90 Å². The van der Waals surface area contributed by atoms with E-state index >= 15 is 0 Å². The van der Waals surface area contributed by atoms with E-state index in [4.69, 9.17) is 14.2 Å². The highest BCUT2D eigenvalue weighted by Gasteiger charge is 2.55. The van der Waals surface area contributed by atoms with Gasteiger partial charge < -0.3 is 34.6 Å². The van der Waals surface area contributed by atoms with Gasteiger partial charge in [-0.05, 0) is 27.2 Å². The number of likely N-dealkylation sites (tertiary alicyclic amines) is 1. The summed E-state index contributed by atoms with van der Waals surface area (Å²) in [7, 11) is 0. The summed E-state index contributed by atoms with van der Waals surface area (Å²) >= 11 is 0. The van der Waals surface area contributed by atoms with Crippen molar-refractivity contribution in [2.45, 2.75) is 75.6 Å². The normalized spacial score (nSPS) is 42.5. The van der Waals surface area contributed by atoms with E-state index in [0.717, 1.165) is 0 Å². The molecule has 2 bridgehead atoms. The van der Waals surface area contributed by atoms with Crippen LogP contribution in [0.15, 0.2) is 0 Å². The van der Waals surface area contributed by atoms with Gasteiger partial charge >= 0.3 is 6.09 Å². The third kappa shape index (κ3) is 3.62. The van der Waals surface area contributed by atoms with E-state index in [0.29, 0.717) is 0 Å². The van der Waals surface area contributed by atoms with Crippen LogP contribution >= 0.6 is 0 Å². The summed E-state index contributed by atoms with van der Waals surface area (Å²) in [5, 5.41) is 41.6. The summed E-state index contributed by atoms with van der Waals surface area (Å²) < 4.78 is 15.9. The van der Waals surface area contributed by atoms with Crippen molar-refractivity contribution in [3.63, 3.8) is 0 Å². The second-order valence-electron chi connectivity index (χ2n) is 8.01. The fourth-order valence-electron chi connectivity index (χ4n) is 3.79. The Morgan fingerprint density at radius 2 is 1.92 bits per heavy atom. The molecule has 4 N–H and O–H groups in total. The molecule has 8 atom stereocenters. The van der Waals surface area contributed by atoms with E-state index in [9.17, 15) is 25.2 Å². The van der Waals surface area contributed by atoms with Crippen LogP contribution < -0.4 is 0 Å². The molecule has 0 spiro atoms. The molecule has 0 aliphatic carbocycles. The number of nitrogens with zero attached hydrogens (tertiary/aromatic N) is 1. The number of rotatable bonds is 2. The zero-order chi connectivity index (χ0) is 18.5. The Morgan fingerprint density at radius 1 is 1.24 bits per heavy atom. The molecular weight excluding hydrogens is 334 g/mol. The van der Waals surface area contributed by atoms with E-state index in [2.05, 4.69) is 0 Å². The van der Waals surface area contributed by atoms with Gasteiger partial charge in [0.05, 0.1) is 37.5 Å². The summed E-state index contributed by atoms with van der Waals surface area (Å²) in [5.74, 6) is -0.952. The lowest BCUT2D eigenvalue weighted by Crippen LogP contribution is -2.59. The molecule has 0 unspecified atom stereocenters. The molecule has 25 heavy (non-hydrogen) atoms. The molecule has 9 nitrogen and oxygen atoms in total. The van der Waals surface area contributed by atoms with E-state index < -0.39 is 60.5 Å². The van der Waals surface area contributed by atoms with Gasteiger partial charge in [-0.1, -0.05) is 0 Å². The van der Waals surface area contributed by atoms with Gasteiger partial charge in [0.2, 0.25) is 0 Å². The van der Waals surface area contributed by atoms with Gasteiger partial charge in [-0.25, -0.2) is 4.79 Å². The van der Waals surface area contributed by atoms with Gasteiger partial charge in [-0.15, -0.1) is 0 Å². The zero-order valence-corrected chi connectivity index (χ0v) is 14.6. The molecule has 0 aromatic rings. The smallest absolute Gasteiger partial charge is 0.410 e. The molecule has 3 rings (SSSR count). The summed E-state index contributed by atoms with van der Waals surface area (Å²) in [4.78, 5) is 13.7. The lowest BCUT2D eigenvalue weighted by atomic mass is 9.82. The first kappa shape index (κ1) is 18.8. The first-order chi connectivity index (χ1) is 11.6. The third-order valence-electron chi connectivity index (χ3n) is 4.92. The monoisotopic (exact) mass is 361 g/mol. The number of amides is 1. The van der Waals surface area contributed by atoms with Crippen LogP contribution in [0.25, 0.3) is 0 Å². The van der Waals surface area contributed by atoms with E-state index in [1.54, 1.807) is 20.8 Å². The average Bonchev–Trinajstić information content (AvgIpc) is 3.09. The molecule has 3 heterocycles. The van der Waals surface area contributed by atoms with Crippen molar-refractivity contribution in [2.24, 2.45) is 5.92 Å². The summed E-state index contributed by atoms with van der Waals surface area (Å²) in [6.45, 7) is 5.34. The van der Waals surface area contributed by atoms with Crippen LogP contribution in [0.4, 0.5) is 4.79 Å². The Bertz CT molecular complexity index is 493. The van der Waals surface area contributed by atoms with Crippen LogP contribution in [0.2, 0.25) is 0 Å². The van der Waals surface area contributed by atoms with Crippen LogP contribution in [0.5, 0.6) is 0 Å². The number of hydrogen-bond acceptors (Lipinski definition) is 8. The maximum Gasteiger partial charge on any atom is 0.410 e. The first-order valence-corrected chi connectivity index (χ1v) is 8.57. The summed E-state index contributed by atoms with van der Waals surface area (Å²) in [6, 6.07) is -0.781. The molecule has 0 aromatic heterocycles.